The Labute approximate surface area is 125 Å². The van der Waals surface area contributed by atoms with Gasteiger partial charge in [0.2, 0.25) is 0 Å². The van der Waals surface area contributed by atoms with Crippen LogP contribution in [0.5, 0.6) is 0 Å². The van der Waals surface area contributed by atoms with E-state index >= 15 is 0 Å². The van der Waals surface area contributed by atoms with E-state index < -0.39 is 0 Å². The number of hydrogen-bond acceptors (Lipinski definition) is 4. The second-order valence-electron chi connectivity index (χ2n) is 6.88. The van der Waals surface area contributed by atoms with Crippen molar-refractivity contribution in [3.63, 3.8) is 0 Å². The highest BCUT2D eigenvalue weighted by Crippen LogP contribution is 2.62. The third-order valence-corrected chi connectivity index (χ3v) is 6.00. The van der Waals surface area contributed by atoms with Crippen molar-refractivity contribution in [1.29, 1.82) is 0 Å². The Bertz CT molecular complexity index is 489. The highest BCUT2D eigenvalue weighted by molar-refractivity contribution is 5.20. The molecule has 4 heteroatoms. The molecular formula is C17H24N2O2. The lowest BCUT2D eigenvalue weighted by Gasteiger charge is -2.63. The molecule has 1 aliphatic heterocycles. The normalized spacial score (nSPS) is 34.0. The van der Waals surface area contributed by atoms with Gasteiger partial charge in [0.05, 0.1) is 12.7 Å². The van der Waals surface area contributed by atoms with E-state index in [0.29, 0.717) is 23.5 Å². The third kappa shape index (κ3) is 2.04. The maximum absolute atomic E-state index is 9.68. The molecule has 2 heterocycles. The molecule has 0 radical (unpaired) electrons. The summed E-state index contributed by atoms with van der Waals surface area (Å²) < 4.78 is 5.96. The molecule has 0 bridgehead atoms. The second kappa shape index (κ2) is 5.34. The van der Waals surface area contributed by atoms with Gasteiger partial charge in [-0.05, 0) is 30.9 Å². The van der Waals surface area contributed by atoms with Crippen LogP contribution in [0.4, 0.5) is 0 Å². The summed E-state index contributed by atoms with van der Waals surface area (Å²) in [5, 5.41) is 13.4. The molecule has 2 saturated carbocycles. The van der Waals surface area contributed by atoms with Crippen LogP contribution in [0.2, 0.25) is 0 Å². The van der Waals surface area contributed by atoms with E-state index in [9.17, 15) is 5.11 Å². The summed E-state index contributed by atoms with van der Waals surface area (Å²) in [5.41, 5.74) is 1.53. The van der Waals surface area contributed by atoms with Crippen LogP contribution in [0, 0.1) is 11.3 Å². The SMILES string of the molecule is OCC(CNC1[C@H]2CCO[C@H]2C12CCC2)c1cccnc1. The van der Waals surface area contributed by atoms with Crippen molar-refractivity contribution in [2.45, 2.75) is 43.7 Å². The second-order valence-corrected chi connectivity index (χ2v) is 6.88. The molecule has 2 aliphatic carbocycles. The first-order valence-electron chi connectivity index (χ1n) is 8.21. The predicted molar refractivity (Wildman–Crippen MR) is 80.0 cm³/mol. The van der Waals surface area contributed by atoms with Gasteiger partial charge in [-0.3, -0.25) is 4.98 Å². The Morgan fingerprint density at radius 2 is 2.38 bits per heavy atom. The number of aliphatic hydroxyl groups excluding tert-OH is 1. The number of nitrogens with one attached hydrogen (secondary N) is 1. The van der Waals surface area contributed by atoms with Gasteiger partial charge in [-0.25, -0.2) is 0 Å². The summed E-state index contributed by atoms with van der Waals surface area (Å²) in [6.45, 7) is 1.93. The third-order valence-electron chi connectivity index (χ3n) is 6.00. The molecule has 4 rings (SSSR count). The van der Waals surface area contributed by atoms with E-state index in [0.717, 1.165) is 18.7 Å². The van der Waals surface area contributed by atoms with Crippen molar-refractivity contribution in [3.8, 4) is 0 Å². The van der Waals surface area contributed by atoms with Gasteiger partial charge in [-0.1, -0.05) is 12.5 Å². The minimum absolute atomic E-state index is 0.136. The fraction of sp³-hybridized carbons (Fsp3) is 0.706. The summed E-state index contributed by atoms with van der Waals surface area (Å²) in [5.74, 6) is 0.829. The average molecular weight is 288 g/mol. The highest BCUT2D eigenvalue weighted by Gasteiger charge is 2.66. The zero-order valence-electron chi connectivity index (χ0n) is 12.4. The van der Waals surface area contributed by atoms with Crippen molar-refractivity contribution >= 4 is 0 Å². The number of rotatable bonds is 5. The predicted octanol–water partition coefficient (Wildman–Crippen LogP) is 1.70. The number of pyridine rings is 1. The topological polar surface area (TPSA) is 54.4 Å². The molecule has 0 aromatic carbocycles. The van der Waals surface area contributed by atoms with Gasteiger partial charge in [-0.2, -0.15) is 0 Å². The van der Waals surface area contributed by atoms with Crippen LogP contribution in [0.25, 0.3) is 0 Å². The summed E-state index contributed by atoms with van der Waals surface area (Å²) in [7, 11) is 0. The molecule has 1 spiro atoms. The first-order valence-corrected chi connectivity index (χ1v) is 8.21. The molecule has 2 unspecified atom stereocenters. The largest absolute Gasteiger partial charge is 0.396 e. The van der Waals surface area contributed by atoms with Crippen molar-refractivity contribution in [1.82, 2.24) is 10.3 Å². The monoisotopic (exact) mass is 288 g/mol. The van der Waals surface area contributed by atoms with Crippen molar-refractivity contribution in [2.75, 3.05) is 19.8 Å². The quantitative estimate of drug-likeness (QED) is 0.866. The highest BCUT2D eigenvalue weighted by atomic mass is 16.5. The minimum atomic E-state index is 0.136. The van der Waals surface area contributed by atoms with Crippen molar-refractivity contribution in [2.24, 2.45) is 11.3 Å². The lowest BCUT2D eigenvalue weighted by atomic mass is 9.46. The zero-order chi connectivity index (χ0) is 14.3. The van der Waals surface area contributed by atoms with Gasteiger partial charge >= 0.3 is 0 Å². The van der Waals surface area contributed by atoms with E-state index in [4.69, 9.17) is 4.74 Å². The van der Waals surface area contributed by atoms with E-state index in [1.54, 1.807) is 6.20 Å². The van der Waals surface area contributed by atoms with Crippen LogP contribution >= 0.6 is 0 Å². The fourth-order valence-electron chi connectivity index (χ4n) is 4.73. The van der Waals surface area contributed by atoms with Gasteiger partial charge < -0.3 is 15.2 Å². The molecule has 21 heavy (non-hydrogen) atoms. The maximum Gasteiger partial charge on any atom is 0.0690 e. The number of aliphatic hydroxyl groups is 1. The molecule has 3 fully saturated rings. The summed E-state index contributed by atoms with van der Waals surface area (Å²) in [4.78, 5) is 4.17. The molecule has 4 nitrogen and oxygen atoms in total. The van der Waals surface area contributed by atoms with E-state index in [2.05, 4.69) is 16.4 Å². The van der Waals surface area contributed by atoms with Crippen LogP contribution < -0.4 is 5.32 Å². The number of nitrogens with zero attached hydrogens (tertiary/aromatic N) is 1. The van der Waals surface area contributed by atoms with E-state index in [1.807, 2.05) is 12.3 Å². The molecule has 0 amide bonds. The van der Waals surface area contributed by atoms with Gasteiger partial charge in [-0.15, -0.1) is 0 Å². The van der Waals surface area contributed by atoms with Gasteiger partial charge in [0.1, 0.15) is 0 Å². The number of fused-ring (bicyclic) bond motifs is 2. The molecule has 1 saturated heterocycles. The Morgan fingerprint density at radius 1 is 1.48 bits per heavy atom. The molecule has 1 aromatic heterocycles. The zero-order valence-corrected chi connectivity index (χ0v) is 12.4. The Morgan fingerprint density at radius 3 is 3.05 bits per heavy atom. The average Bonchev–Trinajstić information content (AvgIpc) is 2.88. The van der Waals surface area contributed by atoms with Crippen LogP contribution in [0.3, 0.4) is 0 Å². The number of ether oxygens (including phenoxy) is 1. The number of hydrogen-bond donors (Lipinski definition) is 2. The van der Waals surface area contributed by atoms with Crippen molar-refractivity contribution in [3.05, 3.63) is 30.1 Å². The van der Waals surface area contributed by atoms with Gasteiger partial charge in [0.15, 0.2) is 0 Å². The molecule has 1 aromatic rings. The summed E-state index contributed by atoms with van der Waals surface area (Å²) >= 11 is 0. The maximum atomic E-state index is 9.68. The molecule has 3 aliphatic rings. The van der Waals surface area contributed by atoms with Gasteiger partial charge in [0, 0.05) is 48.8 Å². The van der Waals surface area contributed by atoms with Crippen LogP contribution in [0.1, 0.15) is 37.2 Å². The van der Waals surface area contributed by atoms with Crippen LogP contribution in [-0.4, -0.2) is 42.0 Å². The molecular weight excluding hydrogens is 264 g/mol. The number of aromatic nitrogens is 1. The lowest BCUT2D eigenvalue weighted by Crippen LogP contribution is -2.71. The van der Waals surface area contributed by atoms with Crippen LogP contribution in [0.15, 0.2) is 24.5 Å². The van der Waals surface area contributed by atoms with Gasteiger partial charge in [0.25, 0.3) is 0 Å². The van der Waals surface area contributed by atoms with E-state index in [1.165, 1.54) is 25.7 Å². The first-order chi connectivity index (χ1) is 10.3. The smallest absolute Gasteiger partial charge is 0.0690 e. The Hall–Kier alpha value is -0.970. The standard InChI is InChI=1S/C17H24N2O2/c20-11-13(12-3-1-7-18-9-12)10-19-15-14-4-8-21-16(14)17(15)5-2-6-17/h1,3,7,9,13-16,19-20H,2,4-6,8,10-11H2/t13?,14-,15?,16-/m1/s1. The minimum Gasteiger partial charge on any atom is -0.396 e. The summed E-state index contributed by atoms with van der Waals surface area (Å²) in [6.07, 6.45) is 9.31. The molecule has 114 valence electrons. The lowest BCUT2D eigenvalue weighted by molar-refractivity contribution is -0.176. The molecule has 4 atom stereocenters. The fourth-order valence-corrected chi connectivity index (χ4v) is 4.73. The Kier molecular flexibility index (Phi) is 3.48. The van der Waals surface area contributed by atoms with Crippen molar-refractivity contribution < 1.29 is 9.84 Å². The summed E-state index contributed by atoms with van der Waals surface area (Å²) in [6, 6.07) is 4.58. The molecule has 2 N–H and O–H groups in total. The van der Waals surface area contributed by atoms with Crippen LogP contribution in [-0.2, 0) is 4.74 Å². The van der Waals surface area contributed by atoms with E-state index in [-0.39, 0.29) is 12.5 Å². The Balaban J connectivity index is 1.42. The first kappa shape index (κ1) is 13.7.